The summed E-state index contributed by atoms with van der Waals surface area (Å²) in [5.41, 5.74) is 0.0776. The molecular weight excluding hydrogens is 274 g/mol. The second-order valence-corrected chi connectivity index (χ2v) is 4.29. The molecule has 0 saturated carbocycles. The molecule has 4 heterocycles. The van der Waals surface area contributed by atoms with E-state index in [1.807, 2.05) is 0 Å². The summed E-state index contributed by atoms with van der Waals surface area (Å²) in [7, 11) is 0. The highest BCUT2D eigenvalue weighted by molar-refractivity contribution is 5.74. The van der Waals surface area contributed by atoms with Crippen molar-refractivity contribution in [2.24, 2.45) is 0 Å². The number of aromatic nitrogens is 7. The summed E-state index contributed by atoms with van der Waals surface area (Å²) >= 11 is 0. The Morgan fingerprint density at radius 3 is 2.90 bits per heavy atom. The Labute approximate surface area is 115 Å². The third kappa shape index (κ3) is 1.57. The lowest BCUT2D eigenvalue weighted by atomic mass is 10.3. The zero-order valence-electron chi connectivity index (χ0n) is 10.5. The van der Waals surface area contributed by atoms with Crippen LogP contribution in [0.1, 0.15) is 0 Å². The van der Waals surface area contributed by atoms with Crippen LogP contribution in [-0.2, 0) is 0 Å². The molecule has 0 aromatic carbocycles. The summed E-state index contributed by atoms with van der Waals surface area (Å²) in [4.78, 5) is 31.0. The number of fused-ring (bicyclic) bond motifs is 3. The van der Waals surface area contributed by atoms with Crippen molar-refractivity contribution in [3.63, 3.8) is 0 Å². The third-order valence-corrected chi connectivity index (χ3v) is 3.11. The molecule has 0 bridgehead atoms. The Morgan fingerprint density at radius 1 is 1.14 bits per heavy atom. The molecule has 0 spiro atoms. The summed E-state index contributed by atoms with van der Waals surface area (Å²) in [6, 6.07) is 2.98. The van der Waals surface area contributed by atoms with Crippen molar-refractivity contribution in [2.75, 3.05) is 0 Å². The number of pyridine rings is 2. The number of H-pyrrole nitrogens is 1. The molecule has 0 saturated heterocycles. The van der Waals surface area contributed by atoms with E-state index in [4.69, 9.17) is 0 Å². The van der Waals surface area contributed by atoms with Crippen molar-refractivity contribution >= 4 is 16.8 Å². The number of hydrogen-bond donors (Lipinski definition) is 1. The SMILES string of the molecule is O=c1cc[nH]cc1-n1ccc2c(nnc3ncnn32)c1=O. The number of hydrogen-bond acceptors (Lipinski definition) is 6. The van der Waals surface area contributed by atoms with Crippen LogP contribution in [0.25, 0.3) is 22.5 Å². The molecule has 21 heavy (non-hydrogen) atoms. The van der Waals surface area contributed by atoms with Crippen LogP contribution in [0, 0.1) is 0 Å². The van der Waals surface area contributed by atoms with Crippen molar-refractivity contribution in [2.45, 2.75) is 0 Å². The number of rotatable bonds is 1. The molecule has 0 fully saturated rings. The molecular formula is C12H7N7O2. The minimum Gasteiger partial charge on any atom is -0.366 e. The van der Waals surface area contributed by atoms with Crippen molar-refractivity contribution in [3.05, 3.63) is 57.6 Å². The van der Waals surface area contributed by atoms with Crippen molar-refractivity contribution in [3.8, 4) is 5.69 Å². The second kappa shape index (κ2) is 4.07. The monoisotopic (exact) mass is 281 g/mol. The molecule has 4 aromatic rings. The van der Waals surface area contributed by atoms with E-state index < -0.39 is 5.56 Å². The van der Waals surface area contributed by atoms with Crippen LogP contribution in [0.2, 0.25) is 0 Å². The predicted octanol–water partition coefficient (Wildman–Crippen LogP) is -0.488. The third-order valence-electron chi connectivity index (χ3n) is 3.11. The van der Waals surface area contributed by atoms with Gasteiger partial charge in [0, 0.05) is 24.7 Å². The molecule has 4 aromatic heterocycles. The average Bonchev–Trinajstić information content (AvgIpc) is 2.97. The van der Waals surface area contributed by atoms with E-state index in [0.29, 0.717) is 11.3 Å². The van der Waals surface area contributed by atoms with Gasteiger partial charge >= 0.3 is 0 Å². The van der Waals surface area contributed by atoms with Gasteiger partial charge < -0.3 is 4.98 Å². The Hall–Kier alpha value is -3.36. The van der Waals surface area contributed by atoms with E-state index in [-0.39, 0.29) is 16.6 Å². The first-order chi connectivity index (χ1) is 10.3. The zero-order valence-corrected chi connectivity index (χ0v) is 10.5. The second-order valence-electron chi connectivity index (χ2n) is 4.29. The minimum absolute atomic E-state index is 0.110. The van der Waals surface area contributed by atoms with E-state index >= 15 is 0 Å². The van der Waals surface area contributed by atoms with Gasteiger partial charge in [-0.25, -0.2) is 0 Å². The fourth-order valence-corrected chi connectivity index (χ4v) is 2.13. The van der Waals surface area contributed by atoms with Crippen molar-refractivity contribution in [1.29, 1.82) is 0 Å². The standard InChI is InChI=1S/C12H7N7O2/c20-9-1-3-13-5-8(9)18-4-2-7-10(11(18)21)16-17-12-14-6-15-19(7)12/h1-6H,(H,13,20). The fraction of sp³-hybridized carbons (Fsp3) is 0. The van der Waals surface area contributed by atoms with Crippen LogP contribution in [-0.4, -0.2) is 34.3 Å². The maximum atomic E-state index is 12.5. The molecule has 9 heteroatoms. The predicted molar refractivity (Wildman–Crippen MR) is 72.3 cm³/mol. The highest BCUT2D eigenvalue weighted by atomic mass is 16.1. The molecule has 0 aliphatic carbocycles. The summed E-state index contributed by atoms with van der Waals surface area (Å²) in [5.74, 6) is 0.303. The molecule has 0 atom stereocenters. The summed E-state index contributed by atoms with van der Waals surface area (Å²) in [6.45, 7) is 0. The van der Waals surface area contributed by atoms with Crippen molar-refractivity contribution < 1.29 is 0 Å². The van der Waals surface area contributed by atoms with E-state index in [9.17, 15) is 9.59 Å². The summed E-state index contributed by atoms with van der Waals surface area (Å²) in [6.07, 6.45) is 5.78. The average molecular weight is 281 g/mol. The van der Waals surface area contributed by atoms with Gasteiger partial charge in [-0.1, -0.05) is 0 Å². The van der Waals surface area contributed by atoms with Gasteiger partial charge in [0.1, 0.15) is 17.5 Å². The van der Waals surface area contributed by atoms with Crippen LogP contribution in [0.5, 0.6) is 0 Å². The molecule has 0 radical (unpaired) electrons. The Morgan fingerprint density at radius 2 is 2.05 bits per heavy atom. The molecule has 0 aliphatic heterocycles. The summed E-state index contributed by atoms with van der Waals surface area (Å²) in [5, 5.41) is 11.7. The molecule has 0 amide bonds. The maximum absolute atomic E-state index is 12.5. The van der Waals surface area contributed by atoms with E-state index in [1.165, 1.54) is 40.1 Å². The molecule has 0 unspecified atom stereocenters. The Kier molecular flexibility index (Phi) is 2.22. The molecule has 9 nitrogen and oxygen atoms in total. The van der Waals surface area contributed by atoms with E-state index in [1.54, 1.807) is 6.07 Å². The fourth-order valence-electron chi connectivity index (χ4n) is 2.13. The largest absolute Gasteiger partial charge is 0.366 e. The van der Waals surface area contributed by atoms with Gasteiger partial charge in [-0.2, -0.15) is 14.6 Å². The van der Waals surface area contributed by atoms with Gasteiger partial charge in [-0.15, -0.1) is 10.2 Å². The number of nitrogens with one attached hydrogen (secondary N) is 1. The van der Waals surface area contributed by atoms with Crippen LogP contribution >= 0.6 is 0 Å². The van der Waals surface area contributed by atoms with Gasteiger partial charge in [-0.3, -0.25) is 14.2 Å². The van der Waals surface area contributed by atoms with Gasteiger partial charge in [0.15, 0.2) is 5.52 Å². The van der Waals surface area contributed by atoms with Gasteiger partial charge in [-0.05, 0) is 6.07 Å². The van der Waals surface area contributed by atoms with Crippen LogP contribution in [0.15, 0.2) is 46.6 Å². The lowest BCUT2D eigenvalue weighted by Gasteiger charge is -2.05. The van der Waals surface area contributed by atoms with Gasteiger partial charge in [0.25, 0.3) is 11.3 Å². The molecule has 0 aliphatic rings. The summed E-state index contributed by atoms with van der Waals surface area (Å²) < 4.78 is 2.64. The highest BCUT2D eigenvalue weighted by Crippen LogP contribution is 2.07. The van der Waals surface area contributed by atoms with Crippen LogP contribution in [0.3, 0.4) is 0 Å². The quantitative estimate of drug-likeness (QED) is 0.504. The lowest BCUT2D eigenvalue weighted by molar-refractivity contribution is 0.909. The molecule has 1 N–H and O–H groups in total. The maximum Gasteiger partial charge on any atom is 0.285 e. The normalized spacial score (nSPS) is 11.2. The first-order valence-electron chi connectivity index (χ1n) is 6.01. The minimum atomic E-state index is -0.450. The Balaban J connectivity index is 2.12. The van der Waals surface area contributed by atoms with E-state index in [2.05, 4.69) is 25.3 Å². The first kappa shape index (κ1) is 11.5. The number of aromatic amines is 1. The highest BCUT2D eigenvalue weighted by Gasteiger charge is 2.12. The van der Waals surface area contributed by atoms with Crippen LogP contribution < -0.4 is 11.0 Å². The van der Waals surface area contributed by atoms with Crippen LogP contribution in [0.4, 0.5) is 0 Å². The smallest absolute Gasteiger partial charge is 0.285 e. The van der Waals surface area contributed by atoms with Gasteiger partial charge in [0.2, 0.25) is 5.43 Å². The lowest BCUT2D eigenvalue weighted by Crippen LogP contribution is -2.24. The topological polar surface area (TPSA) is 111 Å². The van der Waals surface area contributed by atoms with Crippen molar-refractivity contribution in [1.82, 2.24) is 34.3 Å². The van der Waals surface area contributed by atoms with Gasteiger partial charge in [0.05, 0.1) is 0 Å². The molecule has 102 valence electrons. The number of nitrogens with zero attached hydrogens (tertiary/aromatic N) is 6. The molecule has 4 rings (SSSR count). The first-order valence-corrected chi connectivity index (χ1v) is 6.01. The Bertz CT molecular complexity index is 1090. The zero-order chi connectivity index (χ0) is 14.4. The van der Waals surface area contributed by atoms with E-state index in [0.717, 1.165) is 0 Å².